The van der Waals surface area contributed by atoms with Crippen molar-refractivity contribution >= 4 is 21.2 Å². The number of thiazole rings is 1. The summed E-state index contributed by atoms with van der Waals surface area (Å²) in [5.41, 5.74) is 0.767. The molecule has 0 aliphatic heterocycles. The first-order valence-electron chi connectivity index (χ1n) is 11.1. The fourth-order valence-electron chi connectivity index (χ4n) is 3.55. The average Bonchev–Trinajstić information content (AvgIpc) is 3.46. The quantitative estimate of drug-likeness (QED) is 0.291. The van der Waals surface area contributed by atoms with Gasteiger partial charge in [0.1, 0.15) is 17.4 Å². The van der Waals surface area contributed by atoms with Gasteiger partial charge in [-0.25, -0.2) is 18.2 Å². The summed E-state index contributed by atoms with van der Waals surface area (Å²) in [4.78, 5) is 19.0. The van der Waals surface area contributed by atoms with Crippen molar-refractivity contribution in [1.29, 1.82) is 0 Å². The van der Waals surface area contributed by atoms with Crippen LogP contribution >= 0.6 is 11.3 Å². The smallest absolute Gasteiger partial charge is 0.439 e. The second-order valence-electron chi connectivity index (χ2n) is 8.23. The van der Waals surface area contributed by atoms with Crippen molar-refractivity contribution in [1.82, 2.24) is 15.1 Å². The Morgan fingerprint density at radius 1 is 1.14 bits per heavy atom. The van der Waals surface area contributed by atoms with Crippen LogP contribution in [0.1, 0.15) is 35.9 Å². The molecule has 196 valence electrons. The van der Waals surface area contributed by atoms with Crippen molar-refractivity contribution in [3.8, 4) is 27.7 Å². The SMILES string of the molecule is CCCCc1nc(-c2ccc(C(F)(F)F)cc2)sc1COc1ccc(-c2noc(=O)[nH]2)c(S(C)(=O)=O)c1. The van der Waals surface area contributed by atoms with Crippen LogP contribution in [0.3, 0.4) is 0 Å². The van der Waals surface area contributed by atoms with Crippen LogP contribution in [0.4, 0.5) is 13.2 Å². The topological polar surface area (TPSA) is 115 Å². The molecule has 4 aromatic rings. The van der Waals surface area contributed by atoms with Gasteiger partial charge in [-0.05, 0) is 43.2 Å². The highest BCUT2D eigenvalue weighted by Crippen LogP contribution is 2.34. The average molecular weight is 554 g/mol. The third-order valence-corrected chi connectivity index (χ3v) is 7.68. The highest BCUT2D eigenvalue weighted by Gasteiger charge is 2.30. The van der Waals surface area contributed by atoms with Crippen molar-refractivity contribution in [3.63, 3.8) is 0 Å². The monoisotopic (exact) mass is 553 g/mol. The molecule has 0 saturated heterocycles. The molecule has 0 aliphatic rings. The Morgan fingerprint density at radius 3 is 2.46 bits per heavy atom. The first kappa shape index (κ1) is 26.6. The van der Waals surface area contributed by atoms with Gasteiger partial charge in [0.25, 0.3) is 0 Å². The van der Waals surface area contributed by atoms with Crippen molar-refractivity contribution in [3.05, 3.63) is 69.1 Å². The van der Waals surface area contributed by atoms with E-state index in [0.717, 1.165) is 41.8 Å². The van der Waals surface area contributed by atoms with Crippen molar-refractivity contribution in [2.24, 2.45) is 0 Å². The van der Waals surface area contributed by atoms with Crippen LogP contribution in [0.5, 0.6) is 5.75 Å². The summed E-state index contributed by atoms with van der Waals surface area (Å²) in [6.45, 7) is 2.12. The van der Waals surface area contributed by atoms with E-state index in [-0.39, 0.29) is 28.6 Å². The summed E-state index contributed by atoms with van der Waals surface area (Å²) in [7, 11) is -3.72. The first-order chi connectivity index (χ1) is 17.5. The minimum atomic E-state index is -4.42. The van der Waals surface area contributed by atoms with Crippen LogP contribution in [-0.4, -0.2) is 29.8 Å². The largest absolute Gasteiger partial charge is 0.488 e. The summed E-state index contributed by atoms with van der Waals surface area (Å²) in [5.74, 6) is -0.577. The van der Waals surface area contributed by atoms with Gasteiger partial charge in [-0.3, -0.25) is 9.51 Å². The van der Waals surface area contributed by atoms with Gasteiger partial charge in [-0.1, -0.05) is 30.6 Å². The molecule has 0 spiro atoms. The Hall–Kier alpha value is -3.45. The minimum absolute atomic E-state index is 0.0255. The third-order valence-electron chi connectivity index (χ3n) is 5.42. The highest BCUT2D eigenvalue weighted by atomic mass is 32.2. The predicted octanol–water partition coefficient (Wildman–Crippen LogP) is 5.50. The third kappa shape index (κ3) is 6.28. The summed E-state index contributed by atoms with van der Waals surface area (Å²) in [6.07, 6.45) is -0.936. The maximum atomic E-state index is 12.9. The van der Waals surface area contributed by atoms with Gasteiger partial charge in [0.2, 0.25) is 0 Å². The zero-order chi connectivity index (χ0) is 26.8. The normalized spacial score (nSPS) is 12.1. The summed E-state index contributed by atoms with van der Waals surface area (Å²) in [6, 6.07) is 9.16. The molecule has 0 aliphatic carbocycles. The molecule has 0 unspecified atom stereocenters. The lowest BCUT2D eigenvalue weighted by Gasteiger charge is -2.10. The van der Waals surface area contributed by atoms with E-state index >= 15 is 0 Å². The maximum Gasteiger partial charge on any atom is 0.439 e. The van der Waals surface area contributed by atoms with E-state index in [9.17, 15) is 26.4 Å². The second kappa shape index (κ2) is 10.5. The van der Waals surface area contributed by atoms with E-state index in [1.807, 2.05) is 6.92 Å². The fraction of sp³-hybridized carbons (Fsp3) is 0.292. The number of nitrogens with one attached hydrogen (secondary N) is 1. The molecular formula is C24H22F3N3O5S2. The van der Waals surface area contributed by atoms with Gasteiger partial charge in [0, 0.05) is 17.4 Å². The number of aromatic nitrogens is 3. The molecular weight excluding hydrogens is 531 g/mol. The predicted molar refractivity (Wildman–Crippen MR) is 131 cm³/mol. The van der Waals surface area contributed by atoms with Gasteiger partial charge in [0.15, 0.2) is 15.7 Å². The number of H-pyrrole nitrogens is 1. The molecule has 2 aromatic carbocycles. The lowest BCUT2D eigenvalue weighted by Crippen LogP contribution is -2.04. The molecule has 0 radical (unpaired) electrons. The lowest BCUT2D eigenvalue weighted by atomic mass is 10.1. The van der Waals surface area contributed by atoms with E-state index in [2.05, 4.69) is 19.6 Å². The van der Waals surface area contributed by atoms with Crippen LogP contribution in [-0.2, 0) is 29.0 Å². The van der Waals surface area contributed by atoms with Gasteiger partial charge in [0.05, 0.1) is 21.0 Å². The number of aryl methyl sites for hydroxylation is 1. The van der Waals surface area contributed by atoms with Crippen LogP contribution in [0.2, 0.25) is 0 Å². The number of hydrogen-bond acceptors (Lipinski definition) is 8. The lowest BCUT2D eigenvalue weighted by molar-refractivity contribution is -0.137. The van der Waals surface area contributed by atoms with Gasteiger partial charge < -0.3 is 4.74 Å². The summed E-state index contributed by atoms with van der Waals surface area (Å²) < 4.78 is 73.9. The molecule has 1 N–H and O–H groups in total. The molecule has 13 heteroatoms. The molecule has 0 atom stereocenters. The number of aromatic amines is 1. The molecule has 37 heavy (non-hydrogen) atoms. The van der Waals surface area contributed by atoms with E-state index in [1.165, 1.54) is 35.6 Å². The second-order valence-corrected chi connectivity index (χ2v) is 11.3. The summed E-state index contributed by atoms with van der Waals surface area (Å²) >= 11 is 1.31. The zero-order valence-corrected chi connectivity index (χ0v) is 21.4. The van der Waals surface area contributed by atoms with Gasteiger partial charge in [-0.2, -0.15) is 13.2 Å². The van der Waals surface area contributed by atoms with E-state index in [0.29, 0.717) is 17.0 Å². The number of unbranched alkanes of at least 4 members (excludes halogenated alkanes) is 1. The zero-order valence-electron chi connectivity index (χ0n) is 19.8. The number of alkyl halides is 3. The Balaban J connectivity index is 1.61. The standard InChI is InChI=1S/C24H22F3N3O5S2/c1-3-4-5-18-19(36-22(28-18)14-6-8-15(9-7-14)24(25,26)27)13-34-16-10-11-17(20(12-16)37(2,32)33)21-29-23(31)35-30-21/h6-12H,3-5,13H2,1-2H3,(H,29,30,31). The van der Waals surface area contributed by atoms with Crippen LogP contribution < -0.4 is 10.5 Å². The van der Waals surface area contributed by atoms with Crippen LogP contribution in [0.25, 0.3) is 22.0 Å². The number of sulfone groups is 1. The molecule has 0 bridgehead atoms. The van der Waals surface area contributed by atoms with Crippen LogP contribution in [0.15, 0.2) is 56.7 Å². The molecule has 0 saturated carbocycles. The molecule has 4 rings (SSSR count). The van der Waals surface area contributed by atoms with Crippen molar-refractivity contribution in [2.75, 3.05) is 6.26 Å². The Kier molecular flexibility index (Phi) is 7.55. The number of benzene rings is 2. The maximum absolute atomic E-state index is 12.9. The van der Waals surface area contributed by atoms with E-state index in [4.69, 9.17) is 4.74 Å². The Morgan fingerprint density at radius 2 is 1.86 bits per heavy atom. The van der Waals surface area contributed by atoms with Gasteiger partial charge >= 0.3 is 11.9 Å². The number of rotatable bonds is 9. The van der Waals surface area contributed by atoms with Crippen LogP contribution in [0, 0.1) is 0 Å². The number of halogens is 3. The van der Waals surface area contributed by atoms with Crippen molar-refractivity contribution < 1.29 is 30.8 Å². The number of nitrogens with zero attached hydrogens (tertiary/aromatic N) is 2. The van der Waals surface area contributed by atoms with E-state index in [1.54, 1.807) is 6.07 Å². The molecule has 0 amide bonds. The summed E-state index contributed by atoms with van der Waals surface area (Å²) in [5, 5.41) is 4.13. The number of ether oxygens (including phenoxy) is 1. The number of hydrogen-bond donors (Lipinski definition) is 1. The minimum Gasteiger partial charge on any atom is -0.488 e. The Bertz CT molecular complexity index is 1560. The van der Waals surface area contributed by atoms with E-state index < -0.39 is 27.3 Å². The Labute approximate surface area is 214 Å². The van der Waals surface area contributed by atoms with Gasteiger partial charge in [-0.15, -0.1) is 11.3 Å². The highest BCUT2D eigenvalue weighted by molar-refractivity contribution is 7.90. The fourth-order valence-corrected chi connectivity index (χ4v) is 5.47. The molecule has 8 nitrogen and oxygen atoms in total. The molecule has 0 fully saturated rings. The van der Waals surface area contributed by atoms with Crippen molar-refractivity contribution in [2.45, 2.75) is 43.9 Å². The molecule has 2 aromatic heterocycles. The first-order valence-corrected chi connectivity index (χ1v) is 13.9. The molecule has 2 heterocycles.